The number of nitrogens with zero attached hydrogens (tertiary/aromatic N) is 4. The molecule has 0 atom stereocenters. The summed E-state index contributed by atoms with van der Waals surface area (Å²) in [5.74, 6) is 0.976. The molecule has 0 aliphatic heterocycles. The second-order valence-corrected chi connectivity index (χ2v) is 8.65. The number of amides is 1. The Bertz CT molecular complexity index is 1360. The van der Waals surface area contributed by atoms with E-state index in [9.17, 15) is 4.79 Å². The maximum absolute atomic E-state index is 13.2. The van der Waals surface area contributed by atoms with E-state index < -0.39 is 0 Å². The molecule has 0 bridgehead atoms. The molecule has 33 heavy (non-hydrogen) atoms. The van der Waals surface area contributed by atoms with Crippen molar-refractivity contribution in [1.82, 2.24) is 14.4 Å². The van der Waals surface area contributed by atoms with Crippen LogP contribution in [0, 0.1) is 18.3 Å². The van der Waals surface area contributed by atoms with Gasteiger partial charge in [0.25, 0.3) is 5.91 Å². The minimum atomic E-state index is -0.177. The molecule has 0 radical (unpaired) electrons. The molecule has 2 aromatic heterocycles. The third kappa shape index (κ3) is 4.10. The molecular formula is C27H25N5O. The fraction of sp³-hybridized carbons (Fsp3) is 0.259. The predicted octanol–water partition coefficient (Wildman–Crippen LogP) is 5.88. The first-order chi connectivity index (χ1) is 16.1. The Morgan fingerprint density at radius 1 is 1.06 bits per heavy atom. The Kier molecular flexibility index (Phi) is 5.62. The highest BCUT2D eigenvalue weighted by molar-refractivity contribution is 6.06. The van der Waals surface area contributed by atoms with Crippen LogP contribution in [0.4, 0.5) is 5.69 Å². The number of nitrogens with one attached hydrogen (secondary N) is 1. The molecule has 6 nitrogen and oxygen atoms in total. The largest absolute Gasteiger partial charge is 0.319 e. The van der Waals surface area contributed by atoms with Gasteiger partial charge in [-0.3, -0.25) is 9.20 Å². The number of imidazole rings is 1. The Morgan fingerprint density at radius 3 is 2.58 bits per heavy atom. The first-order valence-electron chi connectivity index (χ1n) is 11.4. The molecule has 2 aromatic carbocycles. The third-order valence-corrected chi connectivity index (χ3v) is 6.58. The van der Waals surface area contributed by atoms with E-state index in [1.165, 1.54) is 37.8 Å². The van der Waals surface area contributed by atoms with Crippen LogP contribution in [0.2, 0.25) is 0 Å². The third-order valence-electron chi connectivity index (χ3n) is 6.58. The standard InChI is InChI=1S/C27H25N5O/c1-18-23(20-12-10-19(14-28)11-13-20)8-5-9-24(18)26(33)31-22-15-29-27-30-16-25(32(27)17-22)21-6-3-2-4-7-21/h5,8-13,15-17,21H,2-4,6-7H2,1H3,(H,31,33). The monoisotopic (exact) mass is 435 g/mol. The summed E-state index contributed by atoms with van der Waals surface area (Å²) in [6.07, 6.45) is 11.6. The van der Waals surface area contributed by atoms with Gasteiger partial charge in [0, 0.05) is 23.4 Å². The van der Waals surface area contributed by atoms with E-state index in [2.05, 4.69) is 21.4 Å². The number of carbonyl (C=O) groups excluding carboxylic acids is 1. The van der Waals surface area contributed by atoms with Gasteiger partial charge in [-0.2, -0.15) is 5.26 Å². The Labute approximate surface area is 192 Å². The van der Waals surface area contributed by atoms with Gasteiger partial charge in [0.1, 0.15) is 0 Å². The van der Waals surface area contributed by atoms with Gasteiger partial charge in [0.05, 0.1) is 29.7 Å². The number of carbonyl (C=O) groups is 1. The number of hydrogen-bond donors (Lipinski definition) is 1. The molecule has 0 unspecified atom stereocenters. The van der Waals surface area contributed by atoms with Crippen LogP contribution in [0.1, 0.15) is 65.2 Å². The summed E-state index contributed by atoms with van der Waals surface area (Å²) in [6, 6.07) is 15.2. The summed E-state index contributed by atoms with van der Waals surface area (Å²) in [6.45, 7) is 1.95. The molecule has 1 aliphatic carbocycles. The summed E-state index contributed by atoms with van der Waals surface area (Å²) in [5, 5.41) is 12.1. The summed E-state index contributed by atoms with van der Waals surface area (Å²) in [5.41, 5.74) is 5.86. The summed E-state index contributed by atoms with van der Waals surface area (Å²) in [4.78, 5) is 22.1. The van der Waals surface area contributed by atoms with Gasteiger partial charge in [0.15, 0.2) is 0 Å². The summed E-state index contributed by atoms with van der Waals surface area (Å²) < 4.78 is 2.02. The number of rotatable bonds is 4. The Balaban J connectivity index is 1.42. The average Bonchev–Trinajstić information content (AvgIpc) is 3.28. The molecule has 164 valence electrons. The van der Waals surface area contributed by atoms with E-state index in [1.54, 1.807) is 18.3 Å². The predicted molar refractivity (Wildman–Crippen MR) is 128 cm³/mol. The lowest BCUT2D eigenvalue weighted by Crippen LogP contribution is -2.15. The van der Waals surface area contributed by atoms with Crippen LogP contribution in [0.5, 0.6) is 0 Å². The highest BCUT2D eigenvalue weighted by Crippen LogP contribution is 2.33. The number of aromatic nitrogens is 3. The molecule has 0 spiro atoms. The van der Waals surface area contributed by atoms with Gasteiger partial charge in [0.2, 0.25) is 5.78 Å². The SMILES string of the molecule is Cc1c(C(=O)Nc2cnc3ncc(C4CCCCC4)n3c2)cccc1-c1ccc(C#N)cc1. The van der Waals surface area contributed by atoms with Crippen molar-refractivity contribution in [3.05, 3.63) is 83.4 Å². The Hall–Kier alpha value is -3.98. The smallest absolute Gasteiger partial charge is 0.256 e. The second-order valence-electron chi connectivity index (χ2n) is 8.65. The maximum atomic E-state index is 13.2. The quantitative estimate of drug-likeness (QED) is 0.434. The molecule has 5 rings (SSSR count). The van der Waals surface area contributed by atoms with Crippen molar-refractivity contribution in [3.63, 3.8) is 0 Å². The highest BCUT2D eigenvalue weighted by Gasteiger charge is 2.20. The van der Waals surface area contributed by atoms with E-state index >= 15 is 0 Å². The fourth-order valence-corrected chi connectivity index (χ4v) is 4.77. The zero-order chi connectivity index (χ0) is 22.8. The number of fused-ring (bicyclic) bond motifs is 1. The van der Waals surface area contributed by atoms with Gasteiger partial charge in [-0.25, -0.2) is 9.97 Å². The lowest BCUT2D eigenvalue weighted by atomic mass is 9.87. The van der Waals surface area contributed by atoms with Gasteiger partial charge in [-0.1, -0.05) is 43.5 Å². The van der Waals surface area contributed by atoms with E-state index in [0.717, 1.165) is 16.7 Å². The van der Waals surface area contributed by atoms with Crippen LogP contribution in [-0.2, 0) is 0 Å². The molecule has 1 aliphatic rings. The van der Waals surface area contributed by atoms with Crippen LogP contribution in [0.15, 0.2) is 61.1 Å². The van der Waals surface area contributed by atoms with Crippen molar-refractivity contribution in [2.75, 3.05) is 5.32 Å². The van der Waals surface area contributed by atoms with Crippen LogP contribution < -0.4 is 5.32 Å². The number of anilines is 1. The normalized spacial score (nSPS) is 14.2. The molecule has 6 heteroatoms. The van der Waals surface area contributed by atoms with Crippen molar-refractivity contribution in [2.45, 2.75) is 44.9 Å². The van der Waals surface area contributed by atoms with Crippen LogP contribution in [-0.4, -0.2) is 20.3 Å². The first-order valence-corrected chi connectivity index (χ1v) is 11.4. The molecule has 4 aromatic rings. The molecule has 1 amide bonds. The van der Waals surface area contributed by atoms with E-state index in [4.69, 9.17) is 5.26 Å². The molecule has 1 saturated carbocycles. The van der Waals surface area contributed by atoms with Crippen molar-refractivity contribution >= 4 is 17.4 Å². The number of nitriles is 1. The number of hydrogen-bond acceptors (Lipinski definition) is 4. The first kappa shape index (κ1) is 20.9. The van der Waals surface area contributed by atoms with Crippen molar-refractivity contribution < 1.29 is 4.79 Å². The van der Waals surface area contributed by atoms with E-state index in [1.807, 2.05) is 54.0 Å². The highest BCUT2D eigenvalue weighted by atomic mass is 16.1. The van der Waals surface area contributed by atoms with Gasteiger partial charge in [-0.05, 0) is 54.7 Å². The van der Waals surface area contributed by atoms with Gasteiger partial charge in [-0.15, -0.1) is 0 Å². The maximum Gasteiger partial charge on any atom is 0.256 e. The van der Waals surface area contributed by atoms with Crippen LogP contribution in [0.25, 0.3) is 16.9 Å². The molecule has 2 heterocycles. The van der Waals surface area contributed by atoms with Crippen molar-refractivity contribution in [2.24, 2.45) is 0 Å². The van der Waals surface area contributed by atoms with Gasteiger partial charge >= 0.3 is 0 Å². The fourth-order valence-electron chi connectivity index (χ4n) is 4.77. The lowest BCUT2D eigenvalue weighted by Gasteiger charge is -2.21. The summed E-state index contributed by atoms with van der Waals surface area (Å²) >= 11 is 0. The number of benzene rings is 2. The minimum absolute atomic E-state index is 0.177. The molecule has 1 fully saturated rings. The van der Waals surface area contributed by atoms with Crippen molar-refractivity contribution in [3.8, 4) is 17.2 Å². The van der Waals surface area contributed by atoms with Gasteiger partial charge < -0.3 is 5.32 Å². The zero-order valence-corrected chi connectivity index (χ0v) is 18.6. The molecule has 1 N–H and O–H groups in total. The van der Waals surface area contributed by atoms with Crippen LogP contribution in [0.3, 0.4) is 0 Å². The minimum Gasteiger partial charge on any atom is -0.319 e. The van der Waals surface area contributed by atoms with Crippen LogP contribution >= 0.6 is 0 Å². The van der Waals surface area contributed by atoms with E-state index in [-0.39, 0.29) is 5.91 Å². The lowest BCUT2D eigenvalue weighted by molar-refractivity contribution is 0.102. The molecule has 0 saturated heterocycles. The second kappa shape index (κ2) is 8.87. The zero-order valence-electron chi connectivity index (χ0n) is 18.6. The molecular weight excluding hydrogens is 410 g/mol. The van der Waals surface area contributed by atoms with Crippen molar-refractivity contribution in [1.29, 1.82) is 5.26 Å². The topological polar surface area (TPSA) is 83.1 Å². The Morgan fingerprint density at radius 2 is 1.82 bits per heavy atom. The van der Waals surface area contributed by atoms with E-state index in [0.29, 0.717) is 28.5 Å². The summed E-state index contributed by atoms with van der Waals surface area (Å²) in [7, 11) is 0. The average molecular weight is 436 g/mol.